The van der Waals surface area contributed by atoms with Gasteiger partial charge in [-0.3, -0.25) is 0 Å². The number of halogens is 2. The van der Waals surface area contributed by atoms with Crippen LogP contribution in [0.25, 0.3) is 10.6 Å². The van der Waals surface area contributed by atoms with Gasteiger partial charge in [-0.25, -0.2) is 9.37 Å². The fourth-order valence-electron chi connectivity index (χ4n) is 2.73. The molecule has 1 aliphatic rings. The first-order chi connectivity index (χ1) is 9.69. The van der Waals surface area contributed by atoms with Crippen molar-refractivity contribution in [2.24, 2.45) is 0 Å². The number of rotatable bonds is 3. The molecule has 0 radical (unpaired) electrons. The van der Waals surface area contributed by atoms with Gasteiger partial charge < -0.3 is 5.32 Å². The Bertz CT molecular complexity index is 626. The van der Waals surface area contributed by atoms with Crippen LogP contribution in [-0.4, -0.2) is 18.6 Å². The minimum Gasteiger partial charge on any atom is -0.319 e. The van der Waals surface area contributed by atoms with Gasteiger partial charge in [0.2, 0.25) is 0 Å². The van der Waals surface area contributed by atoms with E-state index in [4.69, 9.17) is 16.6 Å². The lowest BCUT2D eigenvalue weighted by Crippen LogP contribution is -2.20. The molecule has 0 spiro atoms. The topological polar surface area (TPSA) is 24.9 Å². The predicted molar refractivity (Wildman–Crippen MR) is 82.1 cm³/mol. The third-order valence-corrected chi connectivity index (χ3v) is 5.08. The first kappa shape index (κ1) is 14.0. The van der Waals surface area contributed by atoms with Crippen molar-refractivity contribution in [3.8, 4) is 10.6 Å². The molecule has 20 heavy (non-hydrogen) atoms. The molecule has 1 atom stereocenters. The second-order valence-electron chi connectivity index (χ2n) is 5.10. The molecule has 1 aliphatic carbocycles. The fourth-order valence-corrected chi connectivity index (χ4v) is 4.11. The Labute approximate surface area is 127 Å². The maximum atomic E-state index is 14.0. The number of aryl methyl sites for hydroxylation is 1. The number of benzene rings is 1. The zero-order chi connectivity index (χ0) is 14.1. The summed E-state index contributed by atoms with van der Waals surface area (Å²) in [7, 11) is 1.96. The largest absolute Gasteiger partial charge is 0.319 e. The van der Waals surface area contributed by atoms with Crippen LogP contribution in [0.1, 0.15) is 29.3 Å². The number of thiazole rings is 1. The highest BCUT2D eigenvalue weighted by atomic mass is 35.5. The zero-order valence-corrected chi connectivity index (χ0v) is 12.8. The molecule has 2 nitrogen and oxygen atoms in total. The molecule has 2 aromatic rings. The molecule has 0 saturated carbocycles. The van der Waals surface area contributed by atoms with E-state index < -0.39 is 0 Å². The second-order valence-corrected chi connectivity index (χ2v) is 6.62. The van der Waals surface area contributed by atoms with Crippen LogP contribution in [0.15, 0.2) is 18.2 Å². The summed E-state index contributed by atoms with van der Waals surface area (Å²) >= 11 is 7.42. The van der Waals surface area contributed by atoms with Crippen molar-refractivity contribution in [2.45, 2.75) is 25.2 Å². The number of nitrogens with one attached hydrogen (secondary N) is 1. The molecule has 106 valence electrons. The average Bonchev–Trinajstić information content (AvgIpc) is 2.83. The van der Waals surface area contributed by atoms with Crippen LogP contribution < -0.4 is 5.32 Å². The number of nitrogens with zero attached hydrogens (tertiary/aromatic N) is 1. The normalized spacial score (nSPS) is 18.1. The van der Waals surface area contributed by atoms with Crippen LogP contribution in [0.2, 0.25) is 5.02 Å². The molecule has 0 bridgehead atoms. The van der Waals surface area contributed by atoms with Crippen molar-refractivity contribution in [3.05, 3.63) is 39.6 Å². The number of hydrogen-bond donors (Lipinski definition) is 1. The van der Waals surface area contributed by atoms with Gasteiger partial charge in [-0.1, -0.05) is 11.6 Å². The van der Waals surface area contributed by atoms with Gasteiger partial charge in [-0.05, 0) is 44.5 Å². The summed E-state index contributed by atoms with van der Waals surface area (Å²) in [6, 6.07) is 4.78. The van der Waals surface area contributed by atoms with Gasteiger partial charge >= 0.3 is 0 Å². The van der Waals surface area contributed by atoms with Gasteiger partial charge in [0.25, 0.3) is 0 Å². The Morgan fingerprint density at radius 3 is 3.10 bits per heavy atom. The predicted octanol–water partition coefficient (Wildman–Crippen LogP) is 4.24. The maximum Gasteiger partial charge on any atom is 0.134 e. The van der Waals surface area contributed by atoms with Crippen molar-refractivity contribution in [3.63, 3.8) is 0 Å². The van der Waals surface area contributed by atoms with E-state index in [0.717, 1.165) is 30.1 Å². The summed E-state index contributed by atoms with van der Waals surface area (Å²) in [5.74, 6) is 0.151. The van der Waals surface area contributed by atoms with Crippen molar-refractivity contribution in [2.75, 3.05) is 13.6 Å². The maximum absolute atomic E-state index is 14.0. The van der Waals surface area contributed by atoms with Crippen molar-refractivity contribution < 1.29 is 4.39 Å². The van der Waals surface area contributed by atoms with Gasteiger partial charge in [0.15, 0.2) is 0 Å². The molecule has 1 unspecified atom stereocenters. The zero-order valence-electron chi connectivity index (χ0n) is 11.2. The lowest BCUT2D eigenvalue weighted by atomic mass is 9.91. The van der Waals surface area contributed by atoms with Gasteiger partial charge in [0.05, 0.1) is 5.69 Å². The van der Waals surface area contributed by atoms with Gasteiger partial charge in [0.1, 0.15) is 10.8 Å². The molecule has 0 fully saturated rings. The van der Waals surface area contributed by atoms with Gasteiger partial charge in [-0.15, -0.1) is 11.3 Å². The van der Waals surface area contributed by atoms with Crippen molar-refractivity contribution >= 4 is 22.9 Å². The molecule has 0 amide bonds. The highest BCUT2D eigenvalue weighted by Crippen LogP contribution is 2.38. The van der Waals surface area contributed by atoms with E-state index in [9.17, 15) is 4.39 Å². The van der Waals surface area contributed by atoms with Crippen molar-refractivity contribution in [1.82, 2.24) is 10.3 Å². The van der Waals surface area contributed by atoms with E-state index in [2.05, 4.69) is 5.32 Å². The first-order valence-electron chi connectivity index (χ1n) is 6.78. The third kappa shape index (κ3) is 2.60. The average molecular weight is 311 g/mol. The molecule has 0 aliphatic heterocycles. The van der Waals surface area contributed by atoms with Crippen LogP contribution in [-0.2, 0) is 6.42 Å². The Morgan fingerprint density at radius 1 is 1.50 bits per heavy atom. The lowest BCUT2D eigenvalue weighted by Gasteiger charge is -2.20. The van der Waals surface area contributed by atoms with E-state index in [-0.39, 0.29) is 5.82 Å². The smallest absolute Gasteiger partial charge is 0.134 e. The Kier molecular flexibility index (Phi) is 4.06. The molecule has 1 N–H and O–H groups in total. The summed E-state index contributed by atoms with van der Waals surface area (Å²) in [5.41, 5.74) is 1.71. The molecule has 1 aromatic heterocycles. The number of hydrogen-bond acceptors (Lipinski definition) is 3. The second kappa shape index (κ2) is 5.80. The highest BCUT2D eigenvalue weighted by Gasteiger charge is 2.25. The van der Waals surface area contributed by atoms with Crippen molar-refractivity contribution in [1.29, 1.82) is 0 Å². The van der Waals surface area contributed by atoms with E-state index in [1.807, 2.05) is 7.05 Å². The molecule has 1 heterocycles. The van der Waals surface area contributed by atoms with E-state index >= 15 is 0 Å². The summed E-state index contributed by atoms with van der Waals surface area (Å²) in [6.45, 7) is 0.930. The quantitative estimate of drug-likeness (QED) is 0.917. The van der Waals surface area contributed by atoms with E-state index in [1.165, 1.54) is 17.4 Å². The van der Waals surface area contributed by atoms with Crippen LogP contribution in [0, 0.1) is 5.82 Å². The fraction of sp³-hybridized carbons (Fsp3) is 0.400. The summed E-state index contributed by atoms with van der Waals surface area (Å²) < 4.78 is 14.0. The molecular weight excluding hydrogens is 295 g/mol. The SMILES string of the molecule is CNCC1CCCc2sc(-c3ccc(Cl)cc3F)nc21. The standard InChI is InChI=1S/C15H16ClFN2S/c1-18-8-9-3-2-4-13-14(9)19-15(20-13)11-6-5-10(16)7-12(11)17/h5-7,9,18H,2-4,8H2,1H3. The minimum atomic E-state index is -0.297. The van der Waals surface area contributed by atoms with Gasteiger partial charge in [-0.2, -0.15) is 0 Å². The van der Waals surface area contributed by atoms with Gasteiger partial charge in [0, 0.05) is 27.9 Å². The lowest BCUT2D eigenvalue weighted by molar-refractivity contribution is 0.523. The Balaban J connectivity index is 2.00. The first-order valence-corrected chi connectivity index (χ1v) is 7.98. The molecule has 3 rings (SSSR count). The molecule has 1 aromatic carbocycles. The summed E-state index contributed by atoms with van der Waals surface area (Å²) in [4.78, 5) is 6.01. The van der Waals surface area contributed by atoms with E-state index in [1.54, 1.807) is 23.5 Å². The highest BCUT2D eigenvalue weighted by molar-refractivity contribution is 7.15. The summed E-state index contributed by atoms with van der Waals surface area (Å²) in [6.07, 6.45) is 3.40. The van der Waals surface area contributed by atoms with Crippen LogP contribution in [0.5, 0.6) is 0 Å². The van der Waals surface area contributed by atoms with E-state index in [0.29, 0.717) is 16.5 Å². The Morgan fingerprint density at radius 2 is 2.35 bits per heavy atom. The third-order valence-electron chi connectivity index (χ3n) is 3.68. The number of likely N-dealkylation sites (N-methyl/N-ethyl adjacent to an activating group) is 1. The minimum absolute atomic E-state index is 0.297. The van der Waals surface area contributed by atoms with Crippen LogP contribution in [0.3, 0.4) is 0 Å². The summed E-state index contributed by atoms with van der Waals surface area (Å²) in [5, 5.41) is 4.41. The number of fused-ring (bicyclic) bond motifs is 1. The Hall–Kier alpha value is -0.970. The molecule has 0 saturated heterocycles. The number of aromatic nitrogens is 1. The van der Waals surface area contributed by atoms with Crippen LogP contribution in [0.4, 0.5) is 4.39 Å². The molecular formula is C15H16ClFN2S. The monoisotopic (exact) mass is 310 g/mol. The molecule has 5 heteroatoms. The van der Waals surface area contributed by atoms with Crippen LogP contribution >= 0.6 is 22.9 Å².